The van der Waals surface area contributed by atoms with E-state index in [2.05, 4.69) is 15.5 Å². The van der Waals surface area contributed by atoms with Crippen molar-refractivity contribution in [3.8, 4) is 17.6 Å². The molecule has 182 valence electrons. The summed E-state index contributed by atoms with van der Waals surface area (Å²) in [4.78, 5) is 13.7. The molecular weight excluding hydrogens is 504 g/mol. The predicted octanol–water partition coefficient (Wildman–Crippen LogP) is 6.26. The molecule has 1 aromatic heterocycles. The van der Waals surface area contributed by atoms with Gasteiger partial charge >= 0.3 is 0 Å². The fourth-order valence-corrected chi connectivity index (χ4v) is 4.64. The summed E-state index contributed by atoms with van der Waals surface area (Å²) in [5.74, 6) is 1.35. The molecule has 1 amide bonds. The molecule has 3 aromatic rings. The summed E-state index contributed by atoms with van der Waals surface area (Å²) in [6, 6.07) is 14.9. The molecule has 2 aromatic carbocycles. The van der Waals surface area contributed by atoms with Crippen molar-refractivity contribution in [2.75, 3.05) is 24.3 Å². The van der Waals surface area contributed by atoms with Crippen molar-refractivity contribution in [1.82, 2.24) is 10.2 Å². The zero-order valence-corrected chi connectivity index (χ0v) is 21.8. The lowest BCUT2D eigenvalue weighted by molar-refractivity contribution is -0.112. The van der Waals surface area contributed by atoms with Crippen molar-refractivity contribution in [2.24, 2.45) is 0 Å². The van der Waals surface area contributed by atoms with E-state index in [9.17, 15) is 10.1 Å². The third-order valence-corrected chi connectivity index (χ3v) is 6.64. The quantitative estimate of drug-likeness (QED) is 0.128. The van der Waals surface area contributed by atoms with Gasteiger partial charge in [-0.3, -0.25) is 10.1 Å². The summed E-state index contributed by atoms with van der Waals surface area (Å²) in [6.07, 6.45) is 3.24. The van der Waals surface area contributed by atoms with Crippen molar-refractivity contribution >= 4 is 51.8 Å². The molecule has 1 N–H and O–H groups in total. The van der Waals surface area contributed by atoms with Gasteiger partial charge in [0, 0.05) is 22.1 Å². The topological polar surface area (TPSA) is 97.1 Å². The van der Waals surface area contributed by atoms with Crippen molar-refractivity contribution in [3.05, 3.63) is 63.6 Å². The van der Waals surface area contributed by atoms with E-state index in [0.717, 1.165) is 28.5 Å². The average molecular weight is 529 g/mol. The molecule has 35 heavy (non-hydrogen) atoms. The minimum absolute atomic E-state index is 0.0484. The molecule has 0 atom stereocenters. The van der Waals surface area contributed by atoms with E-state index in [-0.39, 0.29) is 5.57 Å². The molecule has 0 aliphatic heterocycles. The maximum atomic E-state index is 12.6. The molecule has 0 saturated heterocycles. The Balaban J connectivity index is 1.64. The molecule has 0 bridgehead atoms. The van der Waals surface area contributed by atoms with Crippen LogP contribution in [0.1, 0.15) is 30.8 Å². The summed E-state index contributed by atoms with van der Waals surface area (Å²) < 4.78 is 11.6. The maximum Gasteiger partial charge on any atom is 0.268 e. The van der Waals surface area contributed by atoms with Gasteiger partial charge in [0.05, 0.1) is 13.2 Å². The van der Waals surface area contributed by atoms with Crippen LogP contribution in [0, 0.1) is 11.3 Å². The molecule has 0 fully saturated rings. The maximum absolute atomic E-state index is 12.6. The Kier molecular flexibility index (Phi) is 10.4. The number of aromatic nitrogens is 2. The Hall–Kier alpha value is -3.06. The molecule has 1 heterocycles. The Bertz CT molecular complexity index is 1210. The number of rotatable bonds is 12. The van der Waals surface area contributed by atoms with Gasteiger partial charge in [-0.05, 0) is 61.4 Å². The number of benzene rings is 2. The van der Waals surface area contributed by atoms with E-state index in [4.69, 9.17) is 21.1 Å². The molecule has 0 unspecified atom stereocenters. The van der Waals surface area contributed by atoms with E-state index < -0.39 is 5.91 Å². The normalized spacial score (nSPS) is 11.1. The number of carbonyl (C=O) groups is 1. The fourth-order valence-electron chi connectivity index (χ4n) is 2.94. The zero-order chi connectivity index (χ0) is 25.0. The summed E-state index contributed by atoms with van der Waals surface area (Å²) >= 11 is 8.89. The molecule has 0 aliphatic rings. The van der Waals surface area contributed by atoms with Gasteiger partial charge in [0.1, 0.15) is 16.6 Å². The second-order valence-corrected chi connectivity index (χ2v) is 9.83. The third kappa shape index (κ3) is 8.28. The van der Waals surface area contributed by atoms with E-state index >= 15 is 0 Å². The van der Waals surface area contributed by atoms with Crippen LogP contribution in [0.2, 0.25) is 5.02 Å². The molecule has 3 rings (SSSR count). The number of nitrogens with zero attached hydrogens (tertiary/aromatic N) is 3. The molecular formula is C25H25ClN4O3S2. The van der Waals surface area contributed by atoms with Gasteiger partial charge in [-0.25, -0.2) is 0 Å². The highest BCUT2D eigenvalue weighted by molar-refractivity contribution is 7.99. The summed E-state index contributed by atoms with van der Waals surface area (Å²) in [5.41, 5.74) is 0.597. The van der Waals surface area contributed by atoms with Crippen molar-refractivity contribution in [3.63, 3.8) is 0 Å². The Morgan fingerprint density at radius 1 is 1.17 bits per heavy atom. The summed E-state index contributed by atoms with van der Waals surface area (Å²) in [6.45, 7) is 4.86. The number of ether oxygens (including phenoxy) is 2. The lowest BCUT2D eigenvalue weighted by atomic mass is 10.1. The van der Waals surface area contributed by atoms with Crippen molar-refractivity contribution in [1.29, 1.82) is 5.26 Å². The number of halogens is 1. The first kappa shape index (κ1) is 26.5. The van der Waals surface area contributed by atoms with Crippen LogP contribution in [0.5, 0.6) is 11.5 Å². The number of amides is 1. The van der Waals surface area contributed by atoms with E-state index in [1.165, 1.54) is 17.4 Å². The molecule has 0 radical (unpaired) electrons. The lowest BCUT2D eigenvalue weighted by Crippen LogP contribution is -2.13. The van der Waals surface area contributed by atoms with Gasteiger partial charge in [-0.15, -0.1) is 22.0 Å². The van der Waals surface area contributed by atoms with E-state index in [1.54, 1.807) is 30.0 Å². The number of hydrogen-bond donors (Lipinski definition) is 1. The second-order valence-electron chi connectivity index (χ2n) is 7.16. The summed E-state index contributed by atoms with van der Waals surface area (Å²) in [5, 5.41) is 22.1. The molecule has 0 saturated carbocycles. The van der Waals surface area contributed by atoms with Crippen LogP contribution in [0.25, 0.3) is 6.08 Å². The largest absolute Gasteiger partial charge is 0.490 e. The van der Waals surface area contributed by atoms with Gasteiger partial charge in [0.25, 0.3) is 5.91 Å². The number of anilines is 1. The molecule has 0 spiro atoms. The van der Waals surface area contributed by atoms with Crippen LogP contribution in [0.4, 0.5) is 5.13 Å². The van der Waals surface area contributed by atoms with E-state index in [1.807, 2.05) is 44.2 Å². The van der Waals surface area contributed by atoms with Crippen LogP contribution in [-0.4, -0.2) is 35.1 Å². The minimum atomic E-state index is -0.538. The van der Waals surface area contributed by atoms with Gasteiger partial charge in [-0.1, -0.05) is 35.9 Å². The minimum Gasteiger partial charge on any atom is -0.490 e. The van der Waals surface area contributed by atoms with Gasteiger partial charge in [0.2, 0.25) is 5.13 Å². The highest BCUT2D eigenvalue weighted by Gasteiger charge is 2.14. The number of thioether (sulfide) groups is 1. The zero-order valence-electron chi connectivity index (χ0n) is 19.4. The Labute approximate surface area is 218 Å². The van der Waals surface area contributed by atoms with Gasteiger partial charge < -0.3 is 9.47 Å². The fraction of sp³-hybridized carbons (Fsp3) is 0.280. The first-order valence-corrected chi connectivity index (χ1v) is 13.2. The standard InChI is InChI=1S/C25H25ClN4O3S2/c1-3-5-23-29-30-25(35-23)28-24(31)18(16-27)14-17-6-11-21(22(15-17)32-4-2)33-12-13-34-20-9-7-19(26)8-10-20/h6-11,14-15H,3-5,12-13H2,1-2H3,(H,28,30,31). The van der Waals surface area contributed by atoms with Gasteiger partial charge in [-0.2, -0.15) is 5.26 Å². The Morgan fingerprint density at radius 2 is 1.97 bits per heavy atom. The monoisotopic (exact) mass is 528 g/mol. The van der Waals surface area contributed by atoms with Gasteiger partial charge in [0.15, 0.2) is 11.5 Å². The smallest absolute Gasteiger partial charge is 0.268 e. The second kappa shape index (κ2) is 13.7. The highest BCUT2D eigenvalue weighted by Crippen LogP contribution is 2.30. The van der Waals surface area contributed by atoms with Crippen LogP contribution in [0.3, 0.4) is 0 Å². The lowest BCUT2D eigenvalue weighted by Gasteiger charge is -2.13. The molecule has 0 aliphatic carbocycles. The molecule has 10 heteroatoms. The number of nitrogens with one attached hydrogen (secondary N) is 1. The van der Waals surface area contributed by atoms with E-state index in [0.29, 0.717) is 40.4 Å². The number of carbonyl (C=O) groups excluding carboxylic acids is 1. The predicted molar refractivity (Wildman–Crippen MR) is 141 cm³/mol. The molecule has 7 nitrogen and oxygen atoms in total. The van der Waals surface area contributed by atoms with Crippen molar-refractivity contribution in [2.45, 2.75) is 31.6 Å². The third-order valence-electron chi connectivity index (χ3n) is 4.52. The summed E-state index contributed by atoms with van der Waals surface area (Å²) in [7, 11) is 0. The Morgan fingerprint density at radius 3 is 2.69 bits per heavy atom. The highest BCUT2D eigenvalue weighted by atomic mass is 35.5. The first-order valence-electron chi connectivity index (χ1n) is 11.1. The number of nitriles is 1. The van der Waals surface area contributed by atoms with Crippen LogP contribution >= 0.6 is 34.7 Å². The number of aryl methyl sites for hydroxylation is 1. The SMILES string of the molecule is CCCc1nnc(NC(=O)C(C#N)=Cc2ccc(OCCSc3ccc(Cl)cc3)c(OCC)c2)s1. The van der Waals surface area contributed by atoms with Crippen molar-refractivity contribution < 1.29 is 14.3 Å². The van der Waals surface area contributed by atoms with Crippen LogP contribution in [-0.2, 0) is 11.2 Å². The first-order chi connectivity index (χ1) is 17.0. The average Bonchev–Trinajstić information content (AvgIpc) is 3.29. The van der Waals surface area contributed by atoms with Crippen LogP contribution < -0.4 is 14.8 Å². The van der Waals surface area contributed by atoms with Crippen LogP contribution in [0.15, 0.2) is 52.9 Å². The number of hydrogen-bond acceptors (Lipinski definition) is 8.